The smallest absolute Gasteiger partial charge is 0.233 e. The van der Waals surface area contributed by atoms with Crippen molar-refractivity contribution in [3.8, 4) is 0 Å². The van der Waals surface area contributed by atoms with Crippen molar-refractivity contribution in [3.05, 3.63) is 24.3 Å². The van der Waals surface area contributed by atoms with Crippen LogP contribution in [-0.2, 0) is 0 Å². The zero-order valence-electron chi connectivity index (χ0n) is 19.4. The molecule has 2 aromatic rings. The van der Waals surface area contributed by atoms with Gasteiger partial charge in [-0.15, -0.1) is 0 Å². The fourth-order valence-electron chi connectivity index (χ4n) is 4.35. The number of nitrogens with two attached hydrogens (primary N) is 4. The Kier molecular flexibility index (Phi) is 7.26. The van der Waals surface area contributed by atoms with Crippen molar-refractivity contribution >= 4 is 35.2 Å². The molecule has 13 heteroatoms. The Morgan fingerprint density at radius 1 is 0.794 bits per heavy atom. The molecular weight excluding hydrogens is 434 g/mol. The molecule has 3 heterocycles. The van der Waals surface area contributed by atoms with Gasteiger partial charge in [-0.2, -0.15) is 15.0 Å². The maximum atomic E-state index is 7.70. The molecule has 13 nitrogen and oxygen atoms in total. The van der Waals surface area contributed by atoms with Crippen molar-refractivity contribution in [2.24, 2.45) is 22.9 Å². The molecule has 34 heavy (non-hydrogen) atoms. The van der Waals surface area contributed by atoms with E-state index in [1.54, 1.807) is 7.05 Å². The number of hydrogen-bond donors (Lipinski definition) is 8. The highest BCUT2D eigenvalue weighted by Gasteiger charge is 2.28. The van der Waals surface area contributed by atoms with E-state index >= 15 is 0 Å². The van der Waals surface area contributed by atoms with Gasteiger partial charge in [-0.25, -0.2) is 0 Å². The van der Waals surface area contributed by atoms with Crippen LogP contribution < -0.4 is 48.7 Å². The summed E-state index contributed by atoms with van der Waals surface area (Å²) in [5.41, 5.74) is 26.4. The SMILES string of the molecule is CNC(=N)Nc1ccc(Nc2nc(N3C[C@H](N)C[C@H](N)C3)nc(N3C[C@H](N)C[C@H](N)C3)n2)cc1. The molecule has 12 N–H and O–H groups in total. The lowest BCUT2D eigenvalue weighted by atomic mass is 10.0. The number of nitrogens with one attached hydrogen (secondary N) is 4. The topological polar surface area (TPSA) is 209 Å². The molecule has 0 saturated carbocycles. The molecule has 1 aromatic heterocycles. The second kappa shape index (κ2) is 10.3. The lowest BCUT2D eigenvalue weighted by Crippen LogP contribution is -2.54. The number of guanidine groups is 1. The van der Waals surface area contributed by atoms with Crippen molar-refractivity contribution in [3.63, 3.8) is 0 Å². The van der Waals surface area contributed by atoms with Crippen molar-refractivity contribution in [1.82, 2.24) is 20.3 Å². The van der Waals surface area contributed by atoms with Gasteiger partial charge in [-0.3, -0.25) is 5.41 Å². The summed E-state index contributed by atoms with van der Waals surface area (Å²) in [4.78, 5) is 18.1. The third-order valence-corrected chi connectivity index (χ3v) is 5.87. The standard InChI is InChI=1S/C21H35N13/c1-27-18(26)28-16-2-4-17(5-3-16)29-19-30-20(33-8-12(22)6-13(23)9-33)32-21(31-19)34-10-14(24)7-15(25)11-34/h2-5,12-15H,6-11,22-25H2,1H3,(H3,26,27,28)(H,29,30,31,32)/t12-,13+,14-,15+. The Morgan fingerprint density at radius 2 is 1.24 bits per heavy atom. The highest BCUT2D eigenvalue weighted by molar-refractivity contribution is 5.91. The predicted octanol–water partition coefficient (Wildman–Crippen LogP) is -1.09. The van der Waals surface area contributed by atoms with Gasteiger partial charge >= 0.3 is 0 Å². The number of benzene rings is 1. The van der Waals surface area contributed by atoms with Crippen LogP contribution in [0.3, 0.4) is 0 Å². The van der Waals surface area contributed by atoms with Crippen LogP contribution in [0.15, 0.2) is 24.3 Å². The molecule has 0 spiro atoms. The number of hydrogen-bond acceptors (Lipinski definition) is 11. The fourth-order valence-corrected chi connectivity index (χ4v) is 4.35. The largest absolute Gasteiger partial charge is 0.359 e. The second-order valence-electron chi connectivity index (χ2n) is 9.03. The zero-order chi connectivity index (χ0) is 24.2. The minimum absolute atomic E-state index is 0.0476. The Balaban J connectivity index is 1.61. The maximum absolute atomic E-state index is 7.70. The zero-order valence-corrected chi connectivity index (χ0v) is 19.4. The molecule has 2 aliphatic heterocycles. The lowest BCUT2D eigenvalue weighted by Gasteiger charge is -2.37. The Hall–Kier alpha value is -3.26. The Morgan fingerprint density at radius 3 is 1.68 bits per heavy atom. The summed E-state index contributed by atoms with van der Waals surface area (Å²) in [6.45, 7) is 2.47. The van der Waals surface area contributed by atoms with E-state index in [9.17, 15) is 0 Å². The number of nitrogens with zero attached hydrogens (tertiary/aromatic N) is 5. The van der Waals surface area contributed by atoms with Crippen LogP contribution in [0.25, 0.3) is 0 Å². The summed E-state index contributed by atoms with van der Waals surface area (Å²) >= 11 is 0. The number of aromatic nitrogens is 3. The van der Waals surface area contributed by atoms with Crippen LogP contribution in [0.5, 0.6) is 0 Å². The molecule has 0 amide bonds. The highest BCUT2D eigenvalue weighted by Crippen LogP contribution is 2.24. The van der Waals surface area contributed by atoms with E-state index in [-0.39, 0.29) is 30.1 Å². The number of anilines is 5. The first kappa shape index (κ1) is 23.9. The third-order valence-electron chi connectivity index (χ3n) is 5.87. The number of rotatable bonds is 5. The summed E-state index contributed by atoms with van der Waals surface area (Å²) in [7, 11) is 1.69. The molecule has 2 saturated heterocycles. The van der Waals surface area contributed by atoms with E-state index in [2.05, 4.69) is 25.9 Å². The highest BCUT2D eigenvalue weighted by atomic mass is 15.4. The van der Waals surface area contributed by atoms with Crippen molar-refractivity contribution in [2.75, 3.05) is 53.7 Å². The third kappa shape index (κ3) is 5.99. The first-order chi connectivity index (χ1) is 16.3. The summed E-state index contributed by atoms with van der Waals surface area (Å²) in [5, 5.41) is 16.6. The monoisotopic (exact) mass is 469 g/mol. The quantitative estimate of drug-likeness (QED) is 0.194. The average Bonchev–Trinajstić information content (AvgIpc) is 2.79. The predicted molar refractivity (Wildman–Crippen MR) is 136 cm³/mol. The van der Waals surface area contributed by atoms with Crippen LogP contribution in [0.1, 0.15) is 12.8 Å². The molecule has 0 radical (unpaired) electrons. The molecule has 0 bridgehead atoms. The first-order valence-corrected chi connectivity index (χ1v) is 11.5. The minimum Gasteiger partial charge on any atom is -0.359 e. The fraction of sp³-hybridized carbons (Fsp3) is 0.524. The van der Waals surface area contributed by atoms with Gasteiger partial charge in [0.05, 0.1) is 0 Å². The summed E-state index contributed by atoms with van der Waals surface area (Å²) in [6.07, 6.45) is 1.53. The molecule has 2 aliphatic rings. The van der Waals surface area contributed by atoms with E-state index in [1.807, 2.05) is 34.1 Å². The summed E-state index contributed by atoms with van der Waals surface area (Å²) in [5.74, 6) is 1.66. The van der Waals surface area contributed by atoms with Gasteiger partial charge in [-0.1, -0.05) is 0 Å². The normalized spacial score (nSPS) is 25.1. The van der Waals surface area contributed by atoms with Crippen molar-refractivity contribution in [1.29, 1.82) is 5.41 Å². The lowest BCUT2D eigenvalue weighted by molar-refractivity contribution is 0.441. The van der Waals surface area contributed by atoms with Crippen LogP contribution in [0.4, 0.5) is 29.2 Å². The molecule has 0 unspecified atom stereocenters. The molecule has 4 atom stereocenters. The van der Waals surface area contributed by atoms with Crippen molar-refractivity contribution in [2.45, 2.75) is 37.0 Å². The van der Waals surface area contributed by atoms with Crippen molar-refractivity contribution < 1.29 is 0 Å². The number of piperidine rings is 2. The molecular formula is C21H35N13. The molecule has 4 rings (SSSR count). The second-order valence-corrected chi connectivity index (χ2v) is 9.03. The van der Waals surface area contributed by atoms with E-state index in [0.717, 1.165) is 24.2 Å². The van der Waals surface area contributed by atoms with E-state index in [4.69, 9.17) is 33.3 Å². The van der Waals surface area contributed by atoms with E-state index in [1.165, 1.54) is 0 Å². The maximum Gasteiger partial charge on any atom is 0.233 e. The summed E-state index contributed by atoms with van der Waals surface area (Å²) in [6, 6.07) is 7.30. The van der Waals surface area contributed by atoms with E-state index < -0.39 is 0 Å². The average molecular weight is 470 g/mol. The van der Waals surface area contributed by atoms with Gasteiger partial charge < -0.3 is 48.7 Å². The molecule has 2 fully saturated rings. The van der Waals surface area contributed by atoms with Gasteiger partial charge in [-0.05, 0) is 37.1 Å². The van der Waals surface area contributed by atoms with Crippen LogP contribution in [0, 0.1) is 5.41 Å². The van der Waals surface area contributed by atoms with Crippen LogP contribution in [0.2, 0.25) is 0 Å². The molecule has 1 aromatic carbocycles. The van der Waals surface area contributed by atoms with Crippen LogP contribution in [-0.4, -0.2) is 78.3 Å². The van der Waals surface area contributed by atoms with Crippen LogP contribution >= 0.6 is 0 Å². The Bertz CT molecular complexity index is 917. The van der Waals surface area contributed by atoms with Gasteiger partial charge in [0.15, 0.2) is 5.96 Å². The van der Waals surface area contributed by atoms with E-state index in [0.29, 0.717) is 44.0 Å². The molecule has 184 valence electrons. The minimum atomic E-state index is -0.0476. The summed E-state index contributed by atoms with van der Waals surface area (Å²) < 4.78 is 0. The molecule has 0 aliphatic carbocycles. The van der Waals surface area contributed by atoms with Gasteiger partial charge in [0.25, 0.3) is 0 Å². The van der Waals surface area contributed by atoms with Gasteiger partial charge in [0.1, 0.15) is 0 Å². The van der Waals surface area contributed by atoms with Gasteiger partial charge in [0.2, 0.25) is 17.8 Å². The Labute approximate surface area is 199 Å². The van der Waals surface area contributed by atoms with Gasteiger partial charge in [0, 0.05) is 68.8 Å². The first-order valence-electron chi connectivity index (χ1n) is 11.5.